The summed E-state index contributed by atoms with van der Waals surface area (Å²) in [7, 11) is 0. The summed E-state index contributed by atoms with van der Waals surface area (Å²) in [5.41, 5.74) is 10.1. The van der Waals surface area contributed by atoms with E-state index in [4.69, 9.17) is 10.5 Å². The molecule has 0 saturated carbocycles. The van der Waals surface area contributed by atoms with Crippen LogP contribution >= 0.6 is 12.4 Å². The first-order chi connectivity index (χ1) is 10.8. The average molecular weight is 327 g/mol. The predicted molar refractivity (Wildman–Crippen MR) is 95.6 cm³/mol. The molecule has 0 aliphatic carbocycles. The molecule has 118 valence electrons. The van der Waals surface area contributed by atoms with Gasteiger partial charge in [0, 0.05) is 24.4 Å². The van der Waals surface area contributed by atoms with E-state index in [9.17, 15) is 0 Å². The summed E-state index contributed by atoms with van der Waals surface area (Å²) in [6, 6.07) is 22.1. The molecule has 0 aliphatic heterocycles. The minimum atomic E-state index is 0. The van der Waals surface area contributed by atoms with Gasteiger partial charge in [0.2, 0.25) is 5.88 Å². The molecule has 3 aromatic rings. The van der Waals surface area contributed by atoms with Crippen molar-refractivity contribution in [1.82, 2.24) is 4.98 Å². The Kier molecular flexibility index (Phi) is 6.15. The molecule has 23 heavy (non-hydrogen) atoms. The summed E-state index contributed by atoms with van der Waals surface area (Å²) < 4.78 is 5.70. The van der Waals surface area contributed by atoms with Crippen LogP contribution in [0.2, 0.25) is 0 Å². The molecule has 0 aliphatic rings. The molecular formula is C19H19ClN2O. The molecule has 0 fully saturated rings. The van der Waals surface area contributed by atoms with Crippen molar-refractivity contribution in [1.29, 1.82) is 0 Å². The smallest absolute Gasteiger partial charge is 0.213 e. The van der Waals surface area contributed by atoms with Crippen molar-refractivity contribution in [3.8, 4) is 17.0 Å². The molecule has 0 spiro atoms. The van der Waals surface area contributed by atoms with Crippen molar-refractivity contribution in [2.45, 2.75) is 13.2 Å². The first-order valence-electron chi connectivity index (χ1n) is 7.27. The zero-order valence-corrected chi connectivity index (χ0v) is 13.5. The Bertz CT molecular complexity index is 730. The van der Waals surface area contributed by atoms with Gasteiger partial charge < -0.3 is 10.5 Å². The second-order valence-electron chi connectivity index (χ2n) is 5.06. The minimum Gasteiger partial charge on any atom is -0.473 e. The quantitative estimate of drug-likeness (QED) is 0.764. The van der Waals surface area contributed by atoms with Crippen LogP contribution in [-0.2, 0) is 13.2 Å². The minimum absolute atomic E-state index is 0. The van der Waals surface area contributed by atoms with E-state index < -0.39 is 0 Å². The molecule has 0 amide bonds. The van der Waals surface area contributed by atoms with Crippen LogP contribution in [0.3, 0.4) is 0 Å². The van der Waals surface area contributed by atoms with Crippen LogP contribution in [0, 0.1) is 0 Å². The number of aromatic nitrogens is 1. The Morgan fingerprint density at radius 1 is 0.826 bits per heavy atom. The molecule has 0 atom stereocenters. The van der Waals surface area contributed by atoms with Crippen LogP contribution in [0.15, 0.2) is 72.9 Å². The van der Waals surface area contributed by atoms with E-state index in [2.05, 4.69) is 17.1 Å². The van der Waals surface area contributed by atoms with Gasteiger partial charge in [-0.2, -0.15) is 0 Å². The van der Waals surface area contributed by atoms with Crippen molar-refractivity contribution >= 4 is 12.4 Å². The molecule has 0 radical (unpaired) electrons. The summed E-state index contributed by atoms with van der Waals surface area (Å²) in [5, 5.41) is 0. The number of pyridine rings is 1. The molecular weight excluding hydrogens is 308 g/mol. The molecule has 1 heterocycles. The molecule has 3 rings (SSSR count). The zero-order chi connectivity index (χ0) is 15.2. The van der Waals surface area contributed by atoms with E-state index in [0.29, 0.717) is 19.0 Å². The number of hydrogen-bond acceptors (Lipinski definition) is 3. The number of rotatable bonds is 5. The van der Waals surface area contributed by atoms with Gasteiger partial charge in [0.15, 0.2) is 0 Å². The third-order valence-corrected chi connectivity index (χ3v) is 3.46. The van der Waals surface area contributed by atoms with Gasteiger partial charge in [0.1, 0.15) is 6.61 Å². The maximum atomic E-state index is 5.70. The fourth-order valence-electron chi connectivity index (χ4n) is 2.25. The Labute approximate surface area is 142 Å². The van der Waals surface area contributed by atoms with Crippen LogP contribution in [0.4, 0.5) is 0 Å². The molecule has 0 bridgehead atoms. The van der Waals surface area contributed by atoms with Crippen molar-refractivity contribution in [2.75, 3.05) is 0 Å². The van der Waals surface area contributed by atoms with Gasteiger partial charge in [-0.05, 0) is 28.8 Å². The highest BCUT2D eigenvalue weighted by atomic mass is 35.5. The van der Waals surface area contributed by atoms with Crippen LogP contribution < -0.4 is 10.5 Å². The summed E-state index contributed by atoms with van der Waals surface area (Å²) in [6.07, 6.45) is 1.83. The van der Waals surface area contributed by atoms with Crippen molar-refractivity contribution in [2.24, 2.45) is 5.73 Å². The average Bonchev–Trinajstić information content (AvgIpc) is 2.61. The number of halogens is 1. The van der Waals surface area contributed by atoms with Gasteiger partial charge in [0.25, 0.3) is 0 Å². The first-order valence-corrected chi connectivity index (χ1v) is 7.27. The highest BCUT2D eigenvalue weighted by molar-refractivity contribution is 5.85. The topological polar surface area (TPSA) is 48.1 Å². The standard InChI is InChI=1S/C19H18N2O.ClH/c20-12-16-7-4-8-17(11-16)18-9-10-19(21-13-18)22-14-15-5-2-1-3-6-15;/h1-11,13H,12,14,20H2;1H. The SMILES string of the molecule is Cl.NCc1cccc(-c2ccc(OCc3ccccc3)nc2)c1. The van der Waals surface area contributed by atoms with Gasteiger partial charge in [-0.1, -0.05) is 48.5 Å². The largest absolute Gasteiger partial charge is 0.473 e. The highest BCUT2D eigenvalue weighted by Gasteiger charge is 2.01. The Morgan fingerprint density at radius 3 is 2.30 bits per heavy atom. The van der Waals surface area contributed by atoms with Crippen LogP contribution in [0.25, 0.3) is 11.1 Å². The summed E-state index contributed by atoms with van der Waals surface area (Å²) in [5.74, 6) is 0.627. The number of nitrogens with zero attached hydrogens (tertiary/aromatic N) is 1. The highest BCUT2D eigenvalue weighted by Crippen LogP contribution is 2.21. The molecule has 1 aromatic heterocycles. The number of ether oxygens (including phenoxy) is 1. The Hall–Kier alpha value is -2.36. The second kappa shape index (κ2) is 8.32. The van der Waals surface area contributed by atoms with E-state index >= 15 is 0 Å². The van der Waals surface area contributed by atoms with Crippen molar-refractivity contribution < 1.29 is 4.74 Å². The molecule has 3 nitrogen and oxygen atoms in total. The summed E-state index contributed by atoms with van der Waals surface area (Å²) >= 11 is 0. The maximum Gasteiger partial charge on any atom is 0.213 e. The molecule has 2 aromatic carbocycles. The van der Waals surface area contributed by atoms with Crippen molar-refractivity contribution in [3.63, 3.8) is 0 Å². The molecule has 0 unspecified atom stereocenters. The molecule has 0 saturated heterocycles. The predicted octanol–water partition coefficient (Wildman–Crippen LogP) is 4.21. The van der Waals surface area contributed by atoms with Gasteiger partial charge in [-0.25, -0.2) is 4.98 Å². The van der Waals surface area contributed by atoms with Gasteiger partial charge in [0.05, 0.1) is 0 Å². The lowest BCUT2D eigenvalue weighted by molar-refractivity contribution is 0.294. The second-order valence-corrected chi connectivity index (χ2v) is 5.06. The van der Waals surface area contributed by atoms with E-state index in [-0.39, 0.29) is 12.4 Å². The fourth-order valence-corrected chi connectivity index (χ4v) is 2.25. The maximum absolute atomic E-state index is 5.70. The van der Waals surface area contributed by atoms with E-state index in [0.717, 1.165) is 22.3 Å². The van der Waals surface area contributed by atoms with E-state index in [1.807, 2.05) is 60.8 Å². The van der Waals surface area contributed by atoms with Gasteiger partial charge in [-0.3, -0.25) is 0 Å². The molecule has 4 heteroatoms. The third kappa shape index (κ3) is 4.55. The molecule has 2 N–H and O–H groups in total. The Balaban J connectivity index is 0.00000192. The lowest BCUT2D eigenvalue weighted by Gasteiger charge is -2.07. The van der Waals surface area contributed by atoms with Gasteiger partial charge >= 0.3 is 0 Å². The summed E-state index contributed by atoms with van der Waals surface area (Å²) in [4.78, 5) is 4.37. The summed E-state index contributed by atoms with van der Waals surface area (Å²) in [6.45, 7) is 1.06. The third-order valence-electron chi connectivity index (χ3n) is 3.46. The van der Waals surface area contributed by atoms with E-state index in [1.54, 1.807) is 0 Å². The van der Waals surface area contributed by atoms with Crippen LogP contribution in [0.1, 0.15) is 11.1 Å². The Morgan fingerprint density at radius 2 is 1.61 bits per heavy atom. The van der Waals surface area contributed by atoms with Gasteiger partial charge in [-0.15, -0.1) is 12.4 Å². The fraction of sp³-hybridized carbons (Fsp3) is 0.105. The monoisotopic (exact) mass is 326 g/mol. The number of hydrogen-bond donors (Lipinski definition) is 1. The lowest BCUT2D eigenvalue weighted by Crippen LogP contribution is -1.97. The number of benzene rings is 2. The first kappa shape index (κ1) is 17.0. The van der Waals surface area contributed by atoms with Crippen molar-refractivity contribution in [3.05, 3.63) is 84.1 Å². The number of nitrogens with two attached hydrogens (primary N) is 1. The lowest BCUT2D eigenvalue weighted by atomic mass is 10.1. The van der Waals surface area contributed by atoms with Crippen LogP contribution in [0.5, 0.6) is 5.88 Å². The van der Waals surface area contributed by atoms with E-state index in [1.165, 1.54) is 0 Å². The van der Waals surface area contributed by atoms with Crippen LogP contribution in [-0.4, -0.2) is 4.98 Å². The zero-order valence-electron chi connectivity index (χ0n) is 12.7. The normalized spacial score (nSPS) is 9.96.